The molecular weight excluding hydrogens is 1010 g/mol. The van der Waals surface area contributed by atoms with Crippen LogP contribution in [0, 0.1) is 0 Å². The molecule has 0 aliphatic heterocycles. The van der Waals surface area contributed by atoms with E-state index in [0.717, 1.165) is 51.4 Å². The maximum atomic E-state index is 12.7. The second-order valence-electron chi connectivity index (χ2n) is 24.1. The molecule has 0 rings (SSSR count). The zero-order chi connectivity index (χ0) is 58.0. The van der Waals surface area contributed by atoms with Crippen LogP contribution in [-0.4, -0.2) is 49.3 Å². The lowest BCUT2D eigenvalue weighted by atomic mass is 10.0. The standard InChI is InChI=1S/C70H136NO8P/c1-3-5-7-9-11-13-15-17-19-21-23-24-25-26-27-28-29-30-31-32-33-34-35-36-37-38-39-40-41-42-43-45-46-48-50-52-54-56-58-60-62-69(72)76-66-68(67-78-80(74,75)77-65-64-71)79-70(73)63-61-59-57-55-53-51-49-47-44-22-20-18-16-14-12-10-8-6-4-2/h12,14,18,20,68H,3-11,13,15-17,19,21-67,71H2,1-2H3,(H,74,75)/b14-12-,20-18-. The molecule has 0 fully saturated rings. The summed E-state index contributed by atoms with van der Waals surface area (Å²) in [4.78, 5) is 35.3. The second-order valence-corrected chi connectivity index (χ2v) is 25.6. The van der Waals surface area contributed by atoms with Crippen molar-refractivity contribution in [3.8, 4) is 0 Å². The Balaban J connectivity index is 3.71. The Bertz CT molecular complexity index is 1360. The predicted octanol–water partition coefficient (Wildman–Crippen LogP) is 22.9. The van der Waals surface area contributed by atoms with Crippen LogP contribution in [-0.2, 0) is 32.7 Å². The predicted molar refractivity (Wildman–Crippen MR) is 344 cm³/mol. The number of carbonyl (C=O) groups is 2. The number of esters is 2. The lowest BCUT2D eigenvalue weighted by Gasteiger charge is -2.19. The molecule has 0 aromatic carbocycles. The molecule has 0 radical (unpaired) electrons. The number of unbranched alkanes of at least 4 members (excludes halogenated alkanes) is 51. The monoisotopic (exact) mass is 1150 g/mol. The first-order chi connectivity index (χ1) is 39.3. The number of hydrogen-bond donors (Lipinski definition) is 2. The van der Waals surface area contributed by atoms with E-state index in [2.05, 4.69) is 38.2 Å². The van der Waals surface area contributed by atoms with Crippen molar-refractivity contribution in [2.45, 2.75) is 386 Å². The van der Waals surface area contributed by atoms with Crippen LogP contribution >= 0.6 is 7.82 Å². The van der Waals surface area contributed by atoms with Gasteiger partial charge in [-0.05, 0) is 44.9 Å². The highest BCUT2D eigenvalue weighted by Crippen LogP contribution is 2.43. The topological polar surface area (TPSA) is 134 Å². The van der Waals surface area contributed by atoms with Gasteiger partial charge in [0.05, 0.1) is 13.2 Å². The van der Waals surface area contributed by atoms with E-state index in [9.17, 15) is 19.0 Å². The van der Waals surface area contributed by atoms with Crippen molar-refractivity contribution in [2.24, 2.45) is 5.73 Å². The molecule has 9 nitrogen and oxygen atoms in total. The highest BCUT2D eigenvalue weighted by molar-refractivity contribution is 7.47. The zero-order valence-electron chi connectivity index (χ0n) is 53.3. The fourth-order valence-electron chi connectivity index (χ4n) is 10.8. The molecule has 0 spiro atoms. The summed E-state index contributed by atoms with van der Waals surface area (Å²) in [5, 5.41) is 0. The summed E-state index contributed by atoms with van der Waals surface area (Å²) >= 11 is 0. The Kier molecular flexibility index (Phi) is 65.4. The summed E-state index contributed by atoms with van der Waals surface area (Å²) < 4.78 is 33.1. The molecule has 0 aliphatic rings. The average molecular weight is 1150 g/mol. The normalized spacial score (nSPS) is 13.0. The maximum Gasteiger partial charge on any atom is 0.472 e. The lowest BCUT2D eigenvalue weighted by molar-refractivity contribution is -0.161. The Morgan fingerprint density at radius 3 is 0.975 bits per heavy atom. The van der Waals surface area contributed by atoms with Gasteiger partial charge in [-0.2, -0.15) is 0 Å². The van der Waals surface area contributed by atoms with E-state index in [1.54, 1.807) is 0 Å². The summed E-state index contributed by atoms with van der Waals surface area (Å²) in [5.41, 5.74) is 5.39. The third-order valence-electron chi connectivity index (χ3n) is 16.1. The van der Waals surface area contributed by atoms with Crippen molar-refractivity contribution in [1.29, 1.82) is 0 Å². The van der Waals surface area contributed by atoms with E-state index in [0.29, 0.717) is 6.42 Å². The van der Waals surface area contributed by atoms with Crippen LogP contribution in [0.15, 0.2) is 24.3 Å². The van der Waals surface area contributed by atoms with Crippen LogP contribution in [0.2, 0.25) is 0 Å². The SMILES string of the molecule is CCCCC/C=C\C/C=C\CCCCCCCCCCCC(=O)OC(COC(=O)CCCCCCCCCCCCCCCCCCCCCCCCCCCCCCCCCCCCCCCCCC)COP(=O)(O)OCCN. The summed E-state index contributed by atoms with van der Waals surface area (Å²) in [6.45, 7) is 3.78. The van der Waals surface area contributed by atoms with Crippen molar-refractivity contribution < 1.29 is 37.6 Å². The molecule has 0 aromatic rings. The largest absolute Gasteiger partial charge is 0.472 e. The minimum atomic E-state index is -4.39. The van der Waals surface area contributed by atoms with E-state index in [-0.39, 0.29) is 38.6 Å². The van der Waals surface area contributed by atoms with Crippen LogP contribution in [0.4, 0.5) is 0 Å². The number of phosphoric ester groups is 1. The van der Waals surface area contributed by atoms with Gasteiger partial charge in [-0.25, -0.2) is 4.57 Å². The molecule has 10 heteroatoms. The van der Waals surface area contributed by atoms with Gasteiger partial charge in [-0.1, -0.05) is 346 Å². The van der Waals surface area contributed by atoms with Crippen molar-refractivity contribution in [1.82, 2.24) is 0 Å². The van der Waals surface area contributed by atoms with Gasteiger partial charge in [0.25, 0.3) is 0 Å². The molecule has 0 aromatic heterocycles. The number of nitrogens with two attached hydrogens (primary N) is 1. The molecule has 0 heterocycles. The zero-order valence-corrected chi connectivity index (χ0v) is 54.2. The first-order valence-electron chi connectivity index (χ1n) is 35.3. The van der Waals surface area contributed by atoms with Gasteiger partial charge in [-0.3, -0.25) is 18.6 Å². The molecular formula is C70H136NO8P. The van der Waals surface area contributed by atoms with E-state index in [1.165, 1.54) is 295 Å². The van der Waals surface area contributed by atoms with Crippen molar-refractivity contribution in [2.75, 3.05) is 26.4 Å². The molecule has 3 N–H and O–H groups in total. The molecule has 80 heavy (non-hydrogen) atoms. The number of phosphoric acid groups is 1. The molecule has 2 unspecified atom stereocenters. The second kappa shape index (κ2) is 66.6. The van der Waals surface area contributed by atoms with E-state index in [1.807, 2.05) is 0 Å². The highest BCUT2D eigenvalue weighted by Gasteiger charge is 2.26. The molecule has 474 valence electrons. The van der Waals surface area contributed by atoms with E-state index in [4.69, 9.17) is 24.3 Å². The van der Waals surface area contributed by atoms with Gasteiger partial charge in [0.15, 0.2) is 6.10 Å². The Labute approximate surface area is 497 Å². The van der Waals surface area contributed by atoms with Gasteiger partial charge in [0.2, 0.25) is 0 Å². The fourth-order valence-corrected chi connectivity index (χ4v) is 11.6. The molecule has 0 aliphatic carbocycles. The van der Waals surface area contributed by atoms with Gasteiger partial charge in [0, 0.05) is 19.4 Å². The summed E-state index contributed by atoms with van der Waals surface area (Å²) in [5.74, 6) is -0.813. The minimum absolute atomic E-state index is 0.0549. The van der Waals surface area contributed by atoms with Crippen molar-refractivity contribution in [3.05, 3.63) is 24.3 Å². The number of carbonyl (C=O) groups excluding carboxylic acids is 2. The maximum absolute atomic E-state index is 12.7. The number of ether oxygens (including phenoxy) is 2. The van der Waals surface area contributed by atoms with Crippen LogP contribution in [0.1, 0.15) is 380 Å². The average Bonchev–Trinajstić information content (AvgIpc) is 3.45. The fraction of sp³-hybridized carbons (Fsp3) is 0.914. The van der Waals surface area contributed by atoms with Gasteiger partial charge < -0.3 is 20.1 Å². The molecule has 0 bridgehead atoms. The van der Waals surface area contributed by atoms with Gasteiger partial charge in [-0.15, -0.1) is 0 Å². The van der Waals surface area contributed by atoms with Crippen molar-refractivity contribution in [3.63, 3.8) is 0 Å². The van der Waals surface area contributed by atoms with Crippen LogP contribution in [0.3, 0.4) is 0 Å². The smallest absolute Gasteiger partial charge is 0.462 e. The Morgan fingerprint density at radius 1 is 0.375 bits per heavy atom. The summed E-state index contributed by atoms with van der Waals surface area (Å²) in [6, 6.07) is 0. The van der Waals surface area contributed by atoms with Crippen molar-refractivity contribution >= 4 is 19.8 Å². The third kappa shape index (κ3) is 65.6. The highest BCUT2D eigenvalue weighted by atomic mass is 31.2. The lowest BCUT2D eigenvalue weighted by Crippen LogP contribution is -2.29. The third-order valence-corrected chi connectivity index (χ3v) is 17.1. The van der Waals surface area contributed by atoms with Gasteiger partial charge in [0.1, 0.15) is 6.61 Å². The minimum Gasteiger partial charge on any atom is -0.462 e. The number of rotatable bonds is 68. The molecule has 2 atom stereocenters. The van der Waals surface area contributed by atoms with E-state index < -0.39 is 26.5 Å². The van der Waals surface area contributed by atoms with E-state index >= 15 is 0 Å². The Hall–Kier alpha value is -1.51. The Morgan fingerprint density at radius 2 is 0.650 bits per heavy atom. The number of allylic oxidation sites excluding steroid dienone is 4. The summed E-state index contributed by atoms with van der Waals surface area (Å²) in [6.07, 6.45) is 81.6. The molecule has 0 saturated heterocycles. The quantitative estimate of drug-likeness (QED) is 0.0264. The molecule has 0 amide bonds. The number of hydrogen-bond acceptors (Lipinski definition) is 8. The van der Waals surface area contributed by atoms with Gasteiger partial charge >= 0.3 is 19.8 Å². The van der Waals surface area contributed by atoms with Crippen LogP contribution in [0.5, 0.6) is 0 Å². The van der Waals surface area contributed by atoms with Crippen LogP contribution < -0.4 is 5.73 Å². The molecule has 0 saturated carbocycles. The first kappa shape index (κ1) is 78.5. The summed E-state index contributed by atoms with van der Waals surface area (Å²) in [7, 11) is -4.39. The van der Waals surface area contributed by atoms with Crippen LogP contribution in [0.25, 0.3) is 0 Å². The first-order valence-corrected chi connectivity index (χ1v) is 36.8.